The van der Waals surface area contributed by atoms with Crippen molar-refractivity contribution < 1.29 is 0 Å². The highest BCUT2D eigenvalue weighted by molar-refractivity contribution is 4.84. The highest BCUT2D eigenvalue weighted by Gasteiger charge is 2.32. The predicted molar refractivity (Wildman–Crippen MR) is 64.4 cm³/mol. The van der Waals surface area contributed by atoms with Gasteiger partial charge in [-0.05, 0) is 42.9 Å². The minimum absolute atomic E-state index is 0.682. The SMILES string of the molecule is CCCCC[C@]1(C)CC[C@H](C)[C@H](C)C1. The van der Waals surface area contributed by atoms with Crippen LogP contribution in [0, 0.1) is 17.3 Å². The van der Waals surface area contributed by atoms with E-state index in [4.69, 9.17) is 0 Å². The largest absolute Gasteiger partial charge is 0.0654 e. The van der Waals surface area contributed by atoms with Gasteiger partial charge in [0.25, 0.3) is 0 Å². The van der Waals surface area contributed by atoms with Gasteiger partial charge in [-0.25, -0.2) is 0 Å². The van der Waals surface area contributed by atoms with E-state index in [0.29, 0.717) is 5.41 Å². The quantitative estimate of drug-likeness (QED) is 0.553. The van der Waals surface area contributed by atoms with E-state index in [1.165, 1.54) is 44.9 Å². The van der Waals surface area contributed by atoms with Crippen molar-refractivity contribution in [3.8, 4) is 0 Å². The van der Waals surface area contributed by atoms with Crippen molar-refractivity contribution in [1.82, 2.24) is 0 Å². The molecule has 0 spiro atoms. The number of hydrogen-bond acceptors (Lipinski definition) is 0. The maximum atomic E-state index is 2.52. The van der Waals surface area contributed by atoms with Crippen molar-refractivity contribution in [2.24, 2.45) is 17.3 Å². The van der Waals surface area contributed by atoms with Crippen LogP contribution in [0.15, 0.2) is 0 Å². The Morgan fingerprint density at radius 2 is 1.86 bits per heavy atom. The predicted octanol–water partition coefficient (Wildman–Crippen LogP) is 5.03. The van der Waals surface area contributed by atoms with Gasteiger partial charge < -0.3 is 0 Å². The Morgan fingerprint density at radius 3 is 2.43 bits per heavy atom. The Hall–Kier alpha value is 0. The van der Waals surface area contributed by atoms with Crippen LogP contribution in [-0.2, 0) is 0 Å². The van der Waals surface area contributed by atoms with Crippen molar-refractivity contribution in [3.63, 3.8) is 0 Å². The van der Waals surface area contributed by atoms with E-state index in [-0.39, 0.29) is 0 Å². The Labute approximate surface area is 90.5 Å². The molecule has 0 radical (unpaired) electrons. The van der Waals surface area contributed by atoms with Crippen molar-refractivity contribution >= 4 is 0 Å². The Kier molecular flexibility index (Phi) is 4.47. The lowest BCUT2D eigenvalue weighted by Gasteiger charge is -2.40. The summed E-state index contributed by atoms with van der Waals surface area (Å²) in [5.74, 6) is 1.92. The standard InChI is InChI=1S/C14H28/c1-5-6-7-9-14(4)10-8-12(2)13(3)11-14/h12-13H,5-11H2,1-4H3/t12-,13+,14+/m0/s1. The maximum absolute atomic E-state index is 2.52. The van der Waals surface area contributed by atoms with Gasteiger partial charge >= 0.3 is 0 Å². The van der Waals surface area contributed by atoms with Gasteiger partial charge in [0.15, 0.2) is 0 Å². The van der Waals surface area contributed by atoms with Crippen LogP contribution in [0.5, 0.6) is 0 Å². The summed E-state index contributed by atoms with van der Waals surface area (Å²) in [7, 11) is 0. The number of rotatable bonds is 4. The van der Waals surface area contributed by atoms with Gasteiger partial charge in [0, 0.05) is 0 Å². The monoisotopic (exact) mass is 196 g/mol. The van der Waals surface area contributed by atoms with Gasteiger partial charge in [0.05, 0.1) is 0 Å². The first-order valence-corrected chi connectivity index (χ1v) is 6.57. The van der Waals surface area contributed by atoms with Crippen LogP contribution < -0.4 is 0 Å². The van der Waals surface area contributed by atoms with Crippen LogP contribution >= 0.6 is 0 Å². The molecule has 1 aliphatic carbocycles. The van der Waals surface area contributed by atoms with E-state index < -0.39 is 0 Å². The van der Waals surface area contributed by atoms with Gasteiger partial charge in [-0.2, -0.15) is 0 Å². The molecule has 0 amide bonds. The summed E-state index contributed by atoms with van der Waals surface area (Å²) in [6, 6.07) is 0. The van der Waals surface area contributed by atoms with Crippen LogP contribution in [0.4, 0.5) is 0 Å². The molecule has 84 valence electrons. The zero-order valence-corrected chi connectivity index (χ0v) is 10.6. The van der Waals surface area contributed by atoms with Gasteiger partial charge in [0.2, 0.25) is 0 Å². The second-order valence-corrected chi connectivity index (χ2v) is 5.97. The molecule has 0 aliphatic heterocycles. The molecule has 1 aliphatic rings. The van der Waals surface area contributed by atoms with Crippen molar-refractivity contribution in [2.75, 3.05) is 0 Å². The first-order valence-electron chi connectivity index (χ1n) is 6.57. The summed E-state index contributed by atoms with van der Waals surface area (Å²) >= 11 is 0. The molecule has 0 aromatic heterocycles. The van der Waals surface area contributed by atoms with Crippen LogP contribution in [-0.4, -0.2) is 0 Å². The molecule has 0 nitrogen and oxygen atoms in total. The molecule has 0 N–H and O–H groups in total. The van der Waals surface area contributed by atoms with Crippen molar-refractivity contribution in [2.45, 2.75) is 72.6 Å². The third-order valence-corrected chi connectivity index (χ3v) is 4.37. The highest BCUT2D eigenvalue weighted by Crippen LogP contribution is 2.44. The fourth-order valence-corrected chi connectivity index (χ4v) is 2.97. The first-order chi connectivity index (χ1) is 6.57. The van der Waals surface area contributed by atoms with Crippen molar-refractivity contribution in [1.29, 1.82) is 0 Å². The fraction of sp³-hybridized carbons (Fsp3) is 1.00. The average molecular weight is 196 g/mol. The van der Waals surface area contributed by atoms with Crippen LogP contribution in [0.2, 0.25) is 0 Å². The molecule has 1 saturated carbocycles. The summed E-state index contributed by atoms with van der Waals surface area (Å²) < 4.78 is 0. The molecule has 0 heterocycles. The number of unbranched alkanes of at least 4 members (excludes halogenated alkanes) is 2. The fourth-order valence-electron chi connectivity index (χ4n) is 2.97. The summed E-state index contributed by atoms with van der Waals surface area (Å²) in [5, 5.41) is 0. The Bertz CT molecular complexity index is 161. The molecule has 0 heteroatoms. The molecular weight excluding hydrogens is 168 g/mol. The Morgan fingerprint density at radius 1 is 1.14 bits per heavy atom. The zero-order valence-electron chi connectivity index (χ0n) is 10.6. The number of hydrogen-bond donors (Lipinski definition) is 0. The molecule has 1 rings (SSSR count). The lowest BCUT2D eigenvalue weighted by molar-refractivity contribution is 0.109. The molecule has 0 aromatic carbocycles. The van der Waals surface area contributed by atoms with Crippen molar-refractivity contribution in [3.05, 3.63) is 0 Å². The zero-order chi connectivity index (χ0) is 10.6. The third-order valence-electron chi connectivity index (χ3n) is 4.37. The second-order valence-electron chi connectivity index (χ2n) is 5.97. The van der Waals surface area contributed by atoms with E-state index >= 15 is 0 Å². The molecular formula is C14H28. The topological polar surface area (TPSA) is 0 Å². The van der Waals surface area contributed by atoms with Crippen LogP contribution in [0.1, 0.15) is 72.6 Å². The summed E-state index contributed by atoms with van der Waals surface area (Å²) in [5.41, 5.74) is 0.682. The van der Waals surface area contributed by atoms with Gasteiger partial charge in [0.1, 0.15) is 0 Å². The van der Waals surface area contributed by atoms with Gasteiger partial charge in [-0.1, -0.05) is 47.0 Å². The van der Waals surface area contributed by atoms with Gasteiger partial charge in [-0.15, -0.1) is 0 Å². The Balaban J connectivity index is 2.34. The van der Waals surface area contributed by atoms with E-state index in [1.807, 2.05) is 0 Å². The lowest BCUT2D eigenvalue weighted by Crippen LogP contribution is -2.29. The minimum atomic E-state index is 0.682. The van der Waals surface area contributed by atoms with E-state index in [2.05, 4.69) is 27.7 Å². The van der Waals surface area contributed by atoms with E-state index in [9.17, 15) is 0 Å². The van der Waals surface area contributed by atoms with E-state index in [1.54, 1.807) is 0 Å². The molecule has 0 aromatic rings. The molecule has 14 heavy (non-hydrogen) atoms. The smallest absolute Gasteiger partial charge is 0.0323 e. The summed E-state index contributed by atoms with van der Waals surface area (Å²) in [6.07, 6.45) is 10.1. The summed E-state index contributed by atoms with van der Waals surface area (Å²) in [6.45, 7) is 9.69. The third kappa shape index (κ3) is 3.29. The molecule has 0 bridgehead atoms. The average Bonchev–Trinajstić information content (AvgIpc) is 2.13. The first kappa shape index (κ1) is 12.1. The molecule has 1 fully saturated rings. The van der Waals surface area contributed by atoms with Crippen LogP contribution in [0.3, 0.4) is 0 Å². The highest BCUT2D eigenvalue weighted by atomic mass is 14.4. The summed E-state index contributed by atoms with van der Waals surface area (Å²) in [4.78, 5) is 0. The maximum Gasteiger partial charge on any atom is -0.0323 e. The minimum Gasteiger partial charge on any atom is -0.0654 e. The molecule has 3 atom stereocenters. The normalized spacial score (nSPS) is 38.6. The van der Waals surface area contributed by atoms with E-state index in [0.717, 1.165) is 11.8 Å². The molecule has 0 saturated heterocycles. The molecule has 0 unspecified atom stereocenters. The lowest BCUT2D eigenvalue weighted by atomic mass is 9.65. The van der Waals surface area contributed by atoms with Crippen LogP contribution in [0.25, 0.3) is 0 Å². The second kappa shape index (κ2) is 5.19. The van der Waals surface area contributed by atoms with Gasteiger partial charge in [-0.3, -0.25) is 0 Å².